The molecule has 1 unspecified atom stereocenters. The van der Waals surface area contributed by atoms with Gasteiger partial charge in [-0.1, -0.05) is 44.2 Å². The highest BCUT2D eigenvalue weighted by atomic mass is 16.3. The number of H-pyrrole nitrogens is 1. The maximum absolute atomic E-state index is 12.7. The average Bonchev–Trinajstić information content (AvgIpc) is 3.65. The number of rotatable bonds is 6. The van der Waals surface area contributed by atoms with Gasteiger partial charge in [0.1, 0.15) is 18.3 Å². The molecule has 206 valence electrons. The van der Waals surface area contributed by atoms with Crippen molar-refractivity contribution in [3.05, 3.63) is 78.5 Å². The van der Waals surface area contributed by atoms with Crippen LogP contribution in [0.4, 0.5) is 5.95 Å². The number of fused-ring (bicyclic) bond motifs is 1. The summed E-state index contributed by atoms with van der Waals surface area (Å²) >= 11 is 0. The Morgan fingerprint density at radius 3 is 2.60 bits per heavy atom. The van der Waals surface area contributed by atoms with E-state index in [-0.39, 0.29) is 18.4 Å². The topological polar surface area (TPSA) is 139 Å². The van der Waals surface area contributed by atoms with Gasteiger partial charge in [0.15, 0.2) is 0 Å². The van der Waals surface area contributed by atoms with Crippen molar-refractivity contribution in [3.63, 3.8) is 0 Å². The van der Waals surface area contributed by atoms with E-state index in [1.54, 1.807) is 23.1 Å². The lowest BCUT2D eigenvalue weighted by atomic mass is 10.0. The van der Waals surface area contributed by atoms with Gasteiger partial charge < -0.3 is 20.7 Å². The van der Waals surface area contributed by atoms with Crippen LogP contribution in [0.5, 0.6) is 0 Å². The fourth-order valence-electron chi connectivity index (χ4n) is 4.92. The molecule has 1 aliphatic rings. The van der Waals surface area contributed by atoms with E-state index in [0.29, 0.717) is 17.0 Å². The Labute approximate surface area is 232 Å². The molecular weight excluding hydrogens is 504 g/mol. The van der Waals surface area contributed by atoms with Gasteiger partial charge in [0.05, 0.1) is 17.6 Å². The lowest BCUT2D eigenvalue weighted by molar-refractivity contribution is -0.132. The minimum atomic E-state index is -0.933. The second kappa shape index (κ2) is 12.1. The van der Waals surface area contributed by atoms with Crippen molar-refractivity contribution < 1.29 is 9.90 Å². The predicted octanol–water partition coefficient (Wildman–Crippen LogP) is 4.59. The summed E-state index contributed by atoms with van der Waals surface area (Å²) in [5.41, 5.74) is 11.0. The van der Waals surface area contributed by atoms with Gasteiger partial charge in [-0.3, -0.25) is 9.48 Å². The average molecular weight is 539 g/mol. The number of aromatic nitrogens is 6. The van der Waals surface area contributed by atoms with Crippen molar-refractivity contribution in [2.75, 3.05) is 18.8 Å². The second-order valence-corrected chi connectivity index (χ2v) is 9.54. The minimum Gasteiger partial charge on any atom is -0.382 e. The smallest absolute Gasteiger partial charge is 0.244 e. The van der Waals surface area contributed by atoms with Crippen LogP contribution in [0.1, 0.15) is 50.5 Å². The summed E-state index contributed by atoms with van der Waals surface area (Å²) in [6.45, 7) is 5.86. The molecule has 1 saturated heterocycles. The number of likely N-dealkylation sites (tertiary alicyclic amines) is 1. The first-order valence-electron chi connectivity index (χ1n) is 13.7. The fourth-order valence-corrected chi connectivity index (χ4v) is 4.92. The molecule has 1 aromatic carbocycles. The van der Waals surface area contributed by atoms with Gasteiger partial charge in [0, 0.05) is 53.8 Å². The predicted molar refractivity (Wildman–Crippen MR) is 155 cm³/mol. The number of aromatic amines is 1. The highest BCUT2D eigenvalue weighted by Crippen LogP contribution is 2.32. The summed E-state index contributed by atoms with van der Waals surface area (Å²) in [5, 5.41) is 16.2. The molecule has 4 N–H and O–H groups in total. The number of benzene rings is 1. The van der Waals surface area contributed by atoms with E-state index < -0.39 is 6.10 Å². The third-order valence-corrected chi connectivity index (χ3v) is 6.94. The Morgan fingerprint density at radius 1 is 1.05 bits per heavy atom. The van der Waals surface area contributed by atoms with Crippen molar-refractivity contribution >= 4 is 22.9 Å². The molecule has 0 saturated carbocycles. The van der Waals surface area contributed by atoms with Crippen molar-refractivity contribution in [2.24, 2.45) is 0 Å². The zero-order chi connectivity index (χ0) is 28.1. The third kappa shape index (κ3) is 5.72. The molecule has 0 bridgehead atoms. The van der Waals surface area contributed by atoms with Crippen LogP contribution in [-0.2, 0) is 11.3 Å². The number of anilines is 1. The Hall–Kier alpha value is -4.57. The minimum absolute atomic E-state index is 0.0746. The molecule has 4 aromatic heterocycles. The lowest BCUT2D eigenvalue weighted by Crippen LogP contribution is -2.37. The van der Waals surface area contributed by atoms with Crippen LogP contribution in [0, 0.1) is 0 Å². The normalized spacial score (nSPS) is 14.0. The summed E-state index contributed by atoms with van der Waals surface area (Å²) < 4.78 is 1.68. The van der Waals surface area contributed by atoms with Crippen molar-refractivity contribution in [2.45, 2.75) is 45.8 Å². The van der Waals surface area contributed by atoms with Gasteiger partial charge >= 0.3 is 0 Å². The number of amides is 1. The SMILES string of the molecule is CC.Nc1nc(-c2c[nH]c3ncc(-c4cnn(CC(=O)N5CCCCC5)c4)cc23)cc(C(O)c2ccccc2)n1. The van der Waals surface area contributed by atoms with Gasteiger partial charge in [-0.15, -0.1) is 0 Å². The van der Waals surface area contributed by atoms with Gasteiger partial charge in [-0.25, -0.2) is 15.0 Å². The number of pyridine rings is 1. The summed E-state index contributed by atoms with van der Waals surface area (Å²) in [5.74, 6) is 0.168. The first-order chi connectivity index (χ1) is 19.5. The van der Waals surface area contributed by atoms with E-state index in [2.05, 4.69) is 25.0 Å². The highest BCUT2D eigenvalue weighted by Gasteiger charge is 2.19. The number of piperidine rings is 1. The number of nitrogens with one attached hydrogen (secondary N) is 1. The first kappa shape index (κ1) is 27.0. The van der Waals surface area contributed by atoms with Crippen molar-refractivity contribution in [1.82, 2.24) is 34.6 Å². The van der Waals surface area contributed by atoms with Gasteiger partial charge in [-0.2, -0.15) is 5.10 Å². The molecule has 10 heteroatoms. The van der Waals surface area contributed by atoms with Gasteiger partial charge in [0.25, 0.3) is 0 Å². The molecule has 5 heterocycles. The Morgan fingerprint density at radius 2 is 1.82 bits per heavy atom. The van der Waals surface area contributed by atoms with Crippen molar-refractivity contribution in [1.29, 1.82) is 0 Å². The summed E-state index contributed by atoms with van der Waals surface area (Å²) in [6.07, 6.45) is 9.58. The Balaban J connectivity index is 0.00000158. The van der Waals surface area contributed by atoms with Crippen LogP contribution in [0.25, 0.3) is 33.4 Å². The highest BCUT2D eigenvalue weighted by molar-refractivity contribution is 5.95. The molecule has 1 fully saturated rings. The van der Waals surface area contributed by atoms with Crippen LogP contribution < -0.4 is 5.73 Å². The molecule has 5 aromatic rings. The van der Waals surface area contributed by atoms with E-state index in [1.807, 2.05) is 67.5 Å². The van der Waals surface area contributed by atoms with Crippen LogP contribution in [0.2, 0.25) is 0 Å². The van der Waals surface area contributed by atoms with E-state index >= 15 is 0 Å². The molecular formula is C30H34N8O2. The van der Waals surface area contributed by atoms with E-state index in [9.17, 15) is 9.90 Å². The molecule has 40 heavy (non-hydrogen) atoms. The number of nitrogens with two attached hydrogens (primary N) is 1. The number of nitrogens with zero attached hydrogens (tertiary/aromatic N) is 6. The molecule has 0 spiro atoms. The van der Waals surface area contributed by atoms with Crippen LogP contribution >= 0.6 is 0 Å². The number of nitrogen functional groups attached to an aromatic ring is 1. The molecule has 0 aliphatic carbocycles. The van der Waals surface area contributed by atoms with Gasteiger partial charge in [0.2, 0.25) is 11.9 Å². The number of hydrogen-bond donors (Lipinski definition) is 3. The molecule has 0 radical (unpaired) electrons. The standard InChI is InChI=1S/C28H28N8O2.C2H6/c29-28-33-23(12-24(34-28)26(38)18-7-3-1-4-8-18)22-15-31-27-21(22)11-19(13-30-27)20-14-32-36(16-20)17-25(37)35-9-5-2-6-10-35;1-2/h1,3-4,7-8,11-16,26,38H,2,5-6,9-10,17H2,(H,30,31)(H2,29,33,34);1-2H3. The van der Waals surface area contributed by atoms with E-state index in [4.69, 9.17) is 5.73 Å². The number of hydrogen-bond acceptors (Lipinski definition) is 7. The quantitative estimate of drug-likeness (QED) is 0.287. The molecule has 1 amide bonds. The number of carbonyl (C=O) groups is 1. The van der Waals surface area contributed by atoms with Gasteiger partial charge in [-0.05, 0) is 37.0 Å². The van der Waals surface area contributed by atoms with Crippen LogP contribution in [0.15, 0.2) is 67.3 Å². The molecule has 1 atom stereocenters. The molecule has 6 rings (SSSR count). The maximum Gasteiger partial charge on any atom is 0.244 e. The largest absolute Gasteiger partial charge is 0.382 e. The monoisotopic (exact) mass is 538 g/mol. The third-order valence-electron chi connectivity index (χ3n) is 6.94. The lowest BCUT2D eigenvalue weighted by Gasteiger charge is -2.26. The fraction of sp³-hybridized carbons (Fsp3) is 0.300. The van der Waals surface area contributed by atoms with Crippen LogP contribution in [0.3, 0.4) is 0 Å². The zero-order valence-corrected chi connectivity index (χ0v) is 22.8. The first-order valence-corrected chi connectivity index (χ1v) is 13.7. The molecule has 10 nitrogen and oxygen atoms in total. The molecule has 1 aliphatic heterocycles. The van der Waals surface area contributed by atoms with E-state index in [0.717, 1.165) is 53.6 Å². The summed E-state index contributed by atoms with van der Waals surface area (Å²) in [4.78, 5) is 31.1. The van der Waals surface area contributed by atoms with Crippen LogP contribution in [-0.4, -0.2) is 58.7 Å². The van der Waals surface area contributed by atoms with E-state index in [1.165, 1.54) is 6.42 Å². The summed E-state index contributed by atoms with van der Waals surface area (Å²) in [6, 6.07) is 13.0. The maximum atomic E-state index is 12.7. The number of carbonyl (C=O) groups excluding carboxylic acids is 1. The number of aliphatic hydroxyl groups is 1. The second-order valence-electron chi connectivity index (χ2n) is 9.54. The zero-order valence-electron chi connectivity index (χ0n) is 22.8. The summed E-state index contributed by atoms with van der Waals surface area (Å²) in [7, 11) is 0. The number of aliphatic hydroxyl groups excluding tert-OH is 1. The Bertz CT molecular complexity index is 1590. The Kier molecular flexibility index (Phi) is 8.16. The van der Waals surface area contributed by atoms with Crippen molar-refractivity contribution in [3.8, 4) is 22.4 Å².